The van der Waals surface area contributed by atoms with Gasteiger partial charge in [0.05, 0.1) is 29.2 Å². The Bertz CT molecular complexity index is 952. The smallest absolute Gasteiger partial charge is 0.204 e. The normalized spacial score (nSPS) is 20.0. The van der Waals surface area contributed by atoms with Crippen LogP contribution in [0.25, 0.3) is 11.0 Å². The zero-order valence-corrected chi connectivity index (χ0v) is 14.7. The first-order valence-corrected chi connectivity index (χ1v) is 9.21. The maximum absolute atomic E-state index is 9.42. The lowest BCUT2D eigenvalue weighted by molar-refractivity contribution is 0.401. The Kier molecular flexibility index (Phi) is 4.59. The van der Waals surface area contributed by atoms with Crippen LogP contribution >= 0.6 is 0 Å². The highest BCUT2D eigenvalue weighted by Crippen LogP contribution is 2.26. The minimum atomic E-state index is 0.156. The van der Waals surface area contributed by atoms with Crippen LogP contribution in [0.2, 0.25) is 0 Å². The van der Waals surface area contributed by atoms with Crippen LogP contribution in [0.3, 0.4) is 0 Å². The molecule has 26 heavy (non-hydrogen) atoms. The van der Waals surface area contributed by atoms with Gasteiger partial charge in [0, 0.05) is 12.1 Å². The van der Waals surface area contributed by atoms with Gasteiger partial charge in [-0.25, -0.2) is 4.98 Å². The molecule has 1 aromatic heterocycles. The van der Waals surface area contributed by atoms with Crippen molar-refractivity contribution in [2.45, 2.75) is 44.3 Å². The third kappa shape index (κ3) is 3.16. The van der Waals surface area contributed by atoms with E-state index < -0.39 is 0 Å². The molecule has 3 aromatic rings. The molecule has 0 unspecified atom stereocenters. The highest BCUT2D eigenvalue weighted by molar-refractivity contribution is 5.78. The van der Waals surface area contributed by atoms with Crippen LogP contribution in [0.15, 0.2) is 48.5 Å². The first kappa shape index (κ1) is 16.6. The van der Waals surface area contributed by atoms with E-state index in [1.54, 1.807) is 0 Å². The van der Waals surface area contributed by atoms with E-state index in [1.165, 1.54) is 12.8 Å². The molecule has 0 spiro atoms. The van der Waals surface area contributed by atoms with Gasteiger partial charge in [0.25, 0.3) is 0 Å². The average Bonchev–Trinajstić information content (AvgIpc) is 3.01. The van der Waals surface area contributed by atoms with E-state index in [0.29, 0.717) is 12.1 Å². The van der Waals surface area contributed by atoms with Crippen LogP contribution in [0, 0.1) is 11.3 Å². The number of imidazole rings is 1. The number of nitrogens with zero attached hydrogens (tertiary/aromatic N) is 3. The first-order chi connectivity index (χ1) is 12.8. The van der Waals surface area contributed by atoms with E-state index in [0.717, 1.165) is 35.4 Å². The van der Waals surface area contributed by atoms with E-state index in [-0.39, 0.29) is 12.1 Å². The second kappa shape index (κ2) is 7.19. The van der Waals surface area contributed by atoms with Gasteiger partial charge in [-0.2, -0.15) is 5.26 Å². The Morgan fingerprint density at radius 1 is 1.12 bits per heavy atom. The molecule has 1 saturated carbocycles. The number of fused-ring (bicyclic) bond motifs is 1. The largest absolute Gasteiger partial charge is 0.351 e. The molecule has 3 N–H and O–H groups in total. The van der Waals surface area contributed by atoms with Crippen molar-refractivity contribution in [3.63, 3.8) is 0 Å². The number of nitriles is 1. The summed E-state index contributed by atoms with van der Waals surface area (Å²) in [4.78, 5) is 4.81. The molecule has 2 aromatic carbocycles. The van der Waals surface area contributed by atoms with Crippen molar-refractivity contribution in [1.29, 1.82) is 5.26 Å². The summed E-state index contributed by atoms with van der Waals surface area (Å²) in [5.41, 5.74) is 10.0. The highest BCUT2D eigenvalue weighted by atomic mass is 15.2. The Labute approximate surface area is 153 Å². The molecule has 5 heteroatoms. The number of anilines is 1. The number of aromatic nitrogens is 2. The number of para-hydroxylation sites is 2. The van der Waals surface area contributed by atoms with E-state index in [1.807, 2.05) is 42.5 Å². The fraction of sp³-hybridized carbons (Fsp3) is 0.333. The summed E-state index contributed by atoms with van der Waals surface area (Å²) >= 11 is 0. The standard InChI is InChI=1S/C21H23N5/c22-13-15-7-1-2-8-16(15)14-26-20-12-6-5-11-19(20)25-21(26)24-18-10-4-3-9-17(18)23/h1-2,5-8,11-12,17-18H,3-4,9-10,14,23H2,(H,24,25)/t17-,18+/m0/s1. The lowest BCUT2D eigenvalue weighted by Gasteiger charge is -2.29. The van der Waals surface area contributed by atoms with Crippen molar-refractivity contribution in [2.24, 2.45) is 5.73 Å². The predicted octanol–water partition coefficient (Wildman–Crippen LogP) is 3.64. The molecule has 0 aliphatic heterocycles. The molecule has 132 valence electrons. The Morgan fingerprint density at radius 2 is 1.88 bits per heavy atom. The second-order valence-corrected chi connectivity index (χ2v) is 6.98. The Balaban J connectivity index is 1.73. The van der Waals surface area contributed by atoms with Crippen molar-refractivity contribution in [2.75, 3.05) is 5.32 Å². The quantitative estimate of drug-likeness (QED) is 0.756. The van der Waals surface area contributed by atoms with Gasteiger partial charge in [0.1, 0.15) is 0 Å². The van der Waals surface area contributed by atoms with Gasteiger partial charge in [-0.3, -0.25) is 0 Å². The molecule has 4 rings (SSSR count). The molecule has 0 amide bonds. The molecule has 5 nitrogen and oxygen atoms in total. The maximum Gasteiger partial charge on any atom is 0.204 e. The molecule has 1 fully saturated rings. The van der Waals surface area contributed by atoms with E-state index in [4.69, 9.17) is 10.7 Å². The summed E-state index contributed by atoms with van der Waals surface area (Å²) in [5.74, 6) is 0.835. The summed E-state index contributed by atoms with van der Waals surface area (Å²) in [5, 5.41) is 13.0. The Morgan fingerprint density at radius 3 is 2.73 bits per heavy atom. The van der Waals surface area contributed by atoms with Crippen LogP contribution < -0.4 is 11.1 Å². The van der Waals surface area contributed by atoms with Crippen LogP contribution in [0.5, 0.6) is 0 Å². The van der Waals surface area contributed by atoms with E-state index in [2.05, 4.69) is 22.0 Å². The minimum absolute atomic E-state index is 0.156. The molecule has 0 bridgehead atoms. The highest BCUT2D eigenvalue weighted by Gasteiger charge is 2.24. The number of benzene rings is 2. The molecule has 0 radical (unpaired) electrons. The lowest BCUT2D eigenvalue weighted by atomic mass is 9.91. The number of hydrogen-bond acceptors (Lipinski definition) is 4. The van der Waals surface area contributed by atoms with Gasteiger partial charge in [0.2, 0.25) is 5.95 Å². The van der Waals surface area contributed by atoms with Gasteiger partial charge < -0.3 is 15.6 Å². The zero-order chi connectivity index (χ0) is 17.9. The number of hydrogen-bond donors (Lipinski definition) is 2. The van der Waals surface area contributed by atoms with E-state index >= 15 is 0 Å². The molecular formula is C21H23N5. The second-order valence-electron chi connectivity index (χ2n) is 6.98. The molecule has 1 aliphatic carbocycles. The molecule has 2 atom stereocenters. The van der Waals surface area contributed by atoms with E-state index in [9.17, 15) is 5.26 Å². The van der Waals surface area contributed by atoms with Gasteiger partial charge >= 0.3 is 0 Å². The number of rotatable bonds is 4. The third-order valence-electron chi connectivity index (χ3n) is 5.25. The van der Waals surface area contributed by atoms with Crippen molar-refractivity contribution in [1.82, 2.24) is 9.55 Å². The lowest BCUT2D eigenvalue weighted by Crippen LogP contribution is -2.43. The molecule has 1 heterocycles. The van der Waals surface area contributed by atoms with Gasteiger partial charge in [-0.1, -0.05) is 43.2 Å². The summed E-state index contributed by atoms with van der Waals surface area (Å²) in [6.07, 6.45) is 4.52. The maximum atomic E-state index is 9.42. The van der Waals surface area contributed by atoms with Gasteiger partial charge in [-0.15, -0.1) is 0 Å². The van der Waals surface area contributed by atoms with Crippen molar-refractivity contribution in [3.05, 3.63) is 59.7 Å². The monoisotopic (exact) mass is 345 g/mol. The zero-order valence-electron chi connectivity index (χ0n) is 14.7. The third-order valence-corrected chi connectivity index (χ3v) is 5.25. The summed E-state index contributed by atoms with van der Waals surface area (Å²) in [6, 6.07) is 18.5. The van der Waals surface area contributed by atoms with Crippen molar-refractivity contribution < 1.29 is 0 Å². The number of nitrogens with one attached hydrogen (secondary N) is 1. The van der Waals surface area contributed by atoms with Crippen LogP contribution in [0.4, 0.5) is 5.95 Å². The van der Waals surface area contributed by atoms with Gasteiger partial charge in [-0.05, 0) is 36.6 Å². The summed E-state index contributed by atoms with van der Waals surface area (Å²) in [6.45, 7) is 0.606. The van der Waals surface area contributed by atoms with Crippen LogP contribution in [-0.2, 0) is 6.54 Å². The average molecular weight is 345 g/mol. The first-order valence-electron chi connectivity index (χ1n) is 9.21. The molecule has 0 saturated heterocycles. The van der Waals surface area contributed by atoms with Crippen molar-refractivity contribution in [3.8, 4) is 6.07 Å². The molecule has 1 aliphatic rings. The topological polar surface area (TPSA) is 79.7 Å². The van der Waals surface area contributed by atoms with Gasteiger partial charge in [0.15, 0.2) is 0 Å². The number of nitrogens with two attached hydrogens (primary N) is 1. The van der Waals surface area contributed by atoms with Crippen molar-refractivity contribution >= 4 is 17.0 Å². The SMILES string of the molecule is N#Cc1ccccc1Cn1c(N[C@@H]2CCCC[C@@H]2N)nc2ccccc21. The summed E-state index contributed by atoms with van der Waals surface area (Å²) in [7, 11) is 0. The fourth-order valence-electron chi connectivity index (χ4n) is 3.79. The Hall–Kier alpha value is -2.84. The van der Waals surface area contributed by atoms with Crippen LogP contribution in [0.1, 0.15) is 36.8 Å². The molecular weight excluding hydrogens is 322 g/mol. The predicted molar refractivity (Wildman–Crippen MR) is 104 cm³/mol. The summed E-state index contributed by atoms with van der Waals surface area (Å²) < 4.78 is 2.16. The fourth-order valence-corrected chi connectivity index (χ4v) is 3.79. The minimum Gasteiger partial charge on any atom is -0.351 e. The van der Waals surface area contributed by atoms with Crippen LogP contribution in [-0.4, -0.2) is 21.6 Å².